The van der Waals surface area contributed by atoms with Crippen molar-refractivity contribution in [1.29, 1.82) is 0 Å². The van der Waals surface area contributed by atoms with Crippen molar-refractivity contribution in [3.63, 3.8) is 0 Å². The lowest BCUT2D eigenvalue weighted by Crippen LogP contribution is -2.43. The van der Waals surface area contributed by atoms with Crippen molar-refractivity contribution < 1.29 is 14.4 Å². The van der Waals surface area contributed by atoms with Gasteiger partial charge in [0.15, 0.2) is 0 Å². The molecule has 6 nitrogen and oxygen atoms in total. The zero-order valence-corrected chi connectivity index (χ0v) is 15.9. The molecule has 2 fully saturated rings. The molecule has 6 heteroatoms. The molecule has 2 aliphatic heterocycles. The molecule has 0 spiro atoms. The van der Waals surface area contributed by atoms with Crippen molar-refractivity contribution in [2.24, 2.45) is 11.1 Å². The average molecular weight is 341 g/mol. The van der Waals surface area contributed by atoms with Crippen LogP contribution < -0.4 is 0 Å². The molecule has 0 amide bonds. The molecule has 2 rings (SSSR count). The fourth-order valence-corrected chi connectivity index (χ4v) is 3.56. The van der Waals surface area contributed by atoms with E-state index < -0.39 is 0 Å². The Kier molecular flexibility index (Phi) is 10.7. The van der Waals surface area contributed by atoms with Crippen molar-refractivity contribution in [3.05, 3.63) is 0 Å². The van der Waals surface area contributed by atoms with E-state index in [1.807, 2.05) is 0 Å². The van der Waals surface area contributed by atoms with Crippen LogP contribution in [0, 0.1) is 5.92 Å². The summed E-state index contributed by atoms with van der Waals surface area (Å²) >= 11 is 0. The number of ether oxygens (including phenoxy) is 1. The summed E-state index contributed by atoms with van der Waals surface area (Å²) in [5.74, 6) is 0.629. The summed E-state index contributed by atoms with van der Waals surface area (Å²) in [4.78, 5) is 19.3. The van der Waals surface area contributed by atoms with E-state index in [9.17, 15) is 4.79 Å². The van der Waals surface area contributed by atoms with E-state index in [1.54, 1.807) is 14.0 Å². The third-order valence-corrected chi connectivity index (χ3v) is 5.03. The van der Waals surface area contributed by atoms with Crippen LogP contribution in [0.5, 0.6) is 0 Å². The van der Waals surface area contributed by atoms with Gasteiger partial charge in [0.1, 0.15) is 7.11 Å². The van der Waals surface area contributed by atoms with E-state index in [0.29, 0.717) is 19.0 Å². The van der Waals surface area contributed by atoms with Gasteiger partial charge in [-0.2, -0.15) is 0 Å². The quantitative estimate of drug-likeness (QED) is 0.437. The van der Waals surface area contributed by atoms with Gasteiger partial charge >= 0.3 is 0 Å². The van der Waals surface area contributed by atoms with Gasteiger partial charge in [-0.25, -0.2) is 0 Å². The number of nitrogens with zero attached hydrogens (tertiary/aromatic N) is 3. The van der Waals surface area contributed by atoms with Crippen LogP contribution in [0.1, 0.15) is 46.0 Å². The number of hydrogen-bond acceptors (Lipinski definition) is 6. The second kappa shape index (κ2) is 12.3. The molecule has 2 aliphatic rings. The molecule has 0 saturated carbocycles. The molecule has 1 atom stereocenters. The molecule has 0 aromatic rings. The Balaban J connectivity index is 0.000000505. The van der Waals surface area contributed by atoms with Gasteiger partial charge in [0.05, 0.1) is 12.3 Å². The standard InChI is InChI=1S/C15H29N3O.C3H6O2/c1-13(16-19-3)14-6-11-18(12-7-14)15-5-4-9-17(2)10-8-15;1-2-5-3-4/h14-15H,4-12H2,1-3H3;3H,2H2,1H3/b16-13+;. The van der Waals surface area contributed by atoms with Gasteiger partial charge in [-0.05, 0) is 79.2 Å². The zero-order valence-electron chi connectivity index (χ0n) is 15.9. The number of carbonyl (C=O) groups excluding carboxylic acids is 1. The maximum absolute atomic E-state index is 9.18. The SMILES string of the molecule is CCOC=O.CO/N=C(\C)C1CCN(C2CCCN(C)CC2)CC1. The summed E-state index contributed by atoms with van der Waals surface area (Å²) in [6.07, 6.45) is 6.55. The first-order valence-electron chi connectivity index (χ1n) is 9.17. The first-order valence-corrected chi connectivity index (χ1v) is 9.17. The molecule has 0 aromatic heterocycles. The third-order valence-electron chi connectivity index (χ3n) is 5.03. The van der Waals surface area contributed by atoms with Crippen molar-refractivity contribution in [2.45, 2.75) is 52.0 Å². The van der Waals surface area contributed by atoms with Crippen LogP contribution in [0.2, 0.25) is 0 Å². The monoisotopic (exact) mass is 341 g/mol. The fourth-order valence-electron chi connectivity index (χ4n) is 3.56. The van der Waals surface area contributed by atoms with Crippen LogP contribution in [0.3, 0.4) is 0 Å². The summed E-state index contributed by atoms with van der Waals surface area (Å²) in [5.41, 5.74) is 1.17. The van der Waals surface area contributed by atoms with Crippen LogP contribution in [0.25, 0.3) is 0 Å². The third kappa shape index (κ3) is 7.62. The smallest absolute Gasteiger partial charge is 0.293 e. The van der Waals surface area contributed by atoms with Crippen molar-refractivity contribution in [1.82, 2.24) is 9.80 Å². The number of piperidine rings is 1. The summed E-state index contributed by atoms with van der Waals surface area (Å²) in [7, 11) is 3.89. The largest absolute Gasteiger partial charge is 0.468 e. The van der Waals surface area contributed by atoms with Crippen LogP contribution in [0.15, 0.2) is 5.16 Å². The molecule has 2 saturated heterocycles. The lowest BCUT2D eigenvalue weighted by atomic mass is 9.91. The number of carbonyl (C=O) groups is 1. The molecular weight excluding hydrogens is 306 g/mol. The van der Waals surface area contributed by atoms with Gasteiger partial charge in [0, 0.05) is 12.0 Å². The van der Waals surface area contributed by atoms with E-state index in [1.165, 1.54) is 64.0 Å². The van der Waals surface area contributed by atoms with Crippen LogP contribution in [-0.2, 0) is 14.4 Å². The van der Waals surface area contributed by atoms with E-state index in [2.05, 4.69) is 33.7 Å². The Morgan fingerprint density at radius 1 is 1.17 bits per heavy atom. The Morgan fingerprint density at radius 2 is 1.88 bits per heavy atom. The lowest BCUT2D eigenvalue weighted by molar-refractivity contribution is -0.128. The molecule has 2 heterocycles. The second-order valence-electron chi connectivity index (χ2n) is 6.67. The highest BCUT2D eigenvalue weighted by Crippen LogP contribution is 2.24. The normalized spacial score (nSPS) is 24.5. The van der Waals surface area contributed by atoms with Crippen LogP contribution in [0.4, 0.5) is 0 Å². The molecule has 0 aliphatic carbocycles. The van der Waals surface area contributed by atoms with Gasteiger partial charge in [-0.15, -0.1) is 0 Å². The van der Waals surface area contributed by atoms with E-state index in [0.717, 1.165) is 6.04 Å². The van der Waals surface area contributed by atoms with Crippen molar-refractivity contribution in [3.8, 4) is 0 Å². The highest BCUT2D eigenvalue weighted by Gasteiger charge is 2.27. The molecule has 0 aromatic carbocycles. The molecular formula is C18H35N3O3. The predicted molar refractivity (Wildman–Crippen MR) is 97.2 cm³/mol. The molecule has 24 heavy (non-hydrogen) atoms. The predicted octanol–water partition coefficient (Wildman–Crippen LogP) is 2.38. The minimum atomic E-state index is 0.431. The number of likely N-dealkylation sites (tertiary alicyclic amines) is 2. The number of hydrogen-bond donors (Lipinski definition) is 0. The number of oxime groups is 1. The molecule has 1 unspecified atom stereocenters. The maximum atomic E-state index is 9.18. The molecule has 140 valence electrons. The Hall–Kier alpha value is -1.14. The molecule has 0 radical (unpaired) electrons. The summed E-state index contributed by atoms with van der Waals surface area (Å²) in [5, 5.41) is 4.10. The lowest BCUT2D eigenvalue weighted by Gasteiger charge is -2.37. The van der Waals surface area contributed by atoms with E-state index >= 15 is 0 Å². The van der Waals surface area contributed by atoms with Gasteiger partial charge < -0.3 is 19.4 Å². The molecule has 0 N–H and O–H groups in total. The van der Waals surface area contributed by atoms with E-state index in [4.69, 9.17) is 4.84 Å². The average Bonchev–Trinajstić information content (AvgIpc) is 2.81. The highest BCUT2D eigenvalue weighted by atomic mass is 16.6. The van der Waals surface area contributed by atoms with Crippen LogP contribution in [-0.4, -0.2) is 75.0 Å². The Labute approximate surface area is 147 Å². The maximum Gasteiger partial charge on any atom is 0.293 e. The second-order valence-corrected chi connectivity index (χ2v) is 6.67. The minimum Gasteiger partial charge on any atom is -0.468 e. The fraction of sp³-hybridized carbons (Fsp3) is 0.889. The number of rotatable bonds is 5. The zero-order chi connectivity index (χ0) is 17.8. The summed E-state index contributed by atoms with van der Waals surface area (Å²) in [6.45, 7) is 9.76. The van der Waals surface area contributed by atoms with Crippen molar-refractivity contribution in [2.75, 3.05) is 46.9 Å². The first kappa shape index (κ1) is 20.9. The summed E-state index contributed by atoms with van der Waals surface area (Å²) in [6, 6.07) is 0.811. The Bertz CT molecular complexity index is 369. The Morgan fingerprint density at radius 3 is 2.42 bits per heavy atom. The van der Waals surface area contributed by atoms with Gasteiger partial charge in [-0.1, -0.05) is 5.16 Å². The molecule has 0 bridgehead atoms. The van der Waals surface area contributed by atoms with Crippen molar-refractivity contribution >= 4 is 12.2 Å². The van der Waals surface area contributed by atoms with Gasteiger partial charge in [-0.3, -0.25) is 4.79 Å². The van der Waals surface area contributed by atoms with E-state index in [-0.39, 0.29) is 0 Å². The first-order chi connectivity index (χ1) is 11.6. The van der Waals surface area contributed by atoms with Gasteiger partial charge in [0.2, 0.25) is 0 Å². The summed E-state index contributed by atoms with van der Waals surface area (Å²) < 4.78 is 4.15. The van der Waals surface area contributed by atoms with Crippen LogP contribution >= 0.6 is 0 Å². The van der Waals surface area contributed by atoms with Gasteiger partial charge in [0.25, 0.3) is 6.47 Å². The topological polar surface area (TPSA) is 54.4 Å². The highest BCUT2D eigenvalue weighted by molar-refractivity contribution is 5.83. The minimum absolute atomic E-state index is 0.431.